The molecule has 5 heteroatoms. The third-order valence-electron chi connectivity index (χ3n) is 1.56. The van der Waals surface area contributed by atoms with Crippen LogP contribution in [0.15, 0.2) is 24.0 Å². The Morgan fingerprint density at radius 2 is 2.38 bits per heavy atom. The zero-order valence-electron chi connectivity index (χ0n) is 6.80. The second-order valence-corrected chi connectivity index (χ2v) is 2.69. The highest BCUT2D eigenvalue weighted by Gasteiger charge is 2.26. The zero-order chi connectivity index (χ0) is 9.90. The number of rotatable bonds is 3. The molecule has 0 aliphatic heterocycles. The van der Waals surface area contributed by atoms with E-state index in [2.05, 4.69) is 0 Å². The molecule has 0 aromatic carbocycles. The Kier molecular flexibility index (Phi) is 2.69. The summed E-state index contributed by atoms with van der Waals surface area (Å²) in [4.78, 5) is 10.1. The summed E-state index contributed by atoms with van der Waals surface area (Å²) in [5.41, 5.74) is 0. The third kappa shape index (κ3) is 2.89. The van der Waals surface area contributed by atoms with Crippen LogP contribution in [0.4, 0.5) is 0 Å². The lowest BCUT2D eigenvalue weighted by atomic mass is 10.1. The first-order valence-electron chi connectivity index (χ1n) is 3.68. The monoisotopic (exact) mass is 186 g/mol. The van der Waals surface area contributed by atoms with Crippen molar-refractivity contribution in [2.75, 3.05) is 6.61 Å². The summed E-state index contributed by atoms with van der Waals surface area (Å²) >= 11 is 0. The zero-order valence-corrected chi connectivity index (χ0v) is 6.80. The molecule has 3 N–H and O–H groups in total. The van der Waals surface area contributed by atoms with Gasteiger partial charge in [0.2, 0.25) is 0 Å². The van der Waals surface area contributed by atoms with Crippen molar-refractivity contribution in [1.82, 2.24) is 0 Å². The molecule has 5 nitrogen and oxygen atoms in total. The number of carbonyl (C=O) groups is 1. The molecule has 13 heavy (non-hydrogen) atoms. The number of aliphatic hydroxyl groups is 2. The standard InChI is InChI=1S/C8H10O5/c9-6-1-3-8(12,4-2-6)13-5-7(10)11/h1-3,9,12H,4-5H2,(H,10,11). The van der Waals surface area contributed by atoms with Gasteiger partial charge in [-0.2, -0.15) is 0 Å². The van der Waals surface area contributed by atoms with E-state index in [0.29, 0.717) is 0 Å². The molecular formula is C8H10O5. The predicted octanol–water partition coefficient (Wildman–Crippen LogP) is 0.178. The summed E-state index contributed by atoms with van der Waals surface area (Å²) in [6, 6.07) is 0. The molecule has 0 heterocycles. The summed E-state index contributed by atoms with van der Waals surface area (Å²) in [6.07, 6.45) is 3.86. The molecule has 0 aromatic heterocycles. The van der Waals surface area contributed by atoms with Crippen LogP contribution in [0.1, 0.15) is 6.42 Å². The van der Waals surface area contributed by atoms with Crippen LogP contribution < -0.4 is 0 Å². The summed E-state index contributed by atoms with van der Waals surface area (Å²) in [6.45, 7) is -0.574. The Labute approximate surface area is 74.6 Å². The van der Waals surface area contributed by atoms with E-state index in [9.17, 15) is 9.90 Å². The number of carboxylic acids is 1. The van der Waals surface area contributed by atoms with Gasteiger partial charge in [0.15, 0.2) is 5.79 Å². The summed E-state index contributed by atoms with van der Waals surface area (Å²) < 4.78 is 4.69. The van der Waals surface area contributed by atoms with Crippen molar-refractivity contribution in [3.8, 4) is 0 Å². The highest BCUT2D eigenvalue weighted by Crippen LogP contribution is 2.20. The van der Waals surface area contributed by atoms with Crippen LogP contribution in [0, 0.1) is 0 Å². The molecule has 0 saturated carbocycles. The van der Waals surface area contributed by atoms with Crippen molar-refractivity contribution < 1.29 is 24.9 Å². The molecule has 0 bridgehead atoms. The van der Waals surface area contributed by atoms with E-state index in [-0.39, 0.29) is 12.2 Å². The van der Waals surface area contributed by atoms with Gasteiger partial charge in [0, 0.05) is 6.42 Å². The molecule has 1 unspecified atom stereocenters. The van der Waals surface area contributed by atoms with Gasteiger partial charge in [-0.25, -0.2) is 4.79 Å². The first-order chi connectivity index (χ1) is 6.02. The van der Waals surface area contributed by atoms with Crippen LogP contribution in [-0.2, 0) is 9.53 Å². The van der Waals surface area contributed by atoms with E-state index in [1.165, 1.54) is 18.2 Å². The normalized spacial score (nSPS) is 27.0. The van der Waals surface area contributed by atoms with Crippen molar-refractivity contribution in [2.24, 2.45) is 0 Å². The lowest BCUT2D eigenvalue weighted by molar-refractivity contribution is -0.182. The number of aliphatic carboxylic acids is 1. The summed E-state index contributed by atoms with van der Waals surface area (Å²) in [7, 11) is 0. The average molecular weight is 186 g/mol. The molecule has 1 atom stereocenters. The molecule has 1 rings (SSSR count). The van der Waals surface area contributed by atoms with Crippen LogP contribution in [0.2, 0.25) is 0 Å². The Balaban J connectivity index is 2.50. The van der Waals surface area contributed by atoms with E-state index >= 15 is 0 Å². The largest absolute Gasteiger partial charge is 0.508 e. The van der Waals surface area contributed by atoms with E-state index in [4.69, 9.17) is 14.9 Å². The topological polar surface area (TPSA) is 87.0 Å². The summed E-state index contributed by atoms with van der Waals surface area (Å²) in [5.74, 6) is -2.73. The maximum Gasteiger partial charge on any atom is 0.329 e. The molecule has 0 aromatic rings. The molecule has 0 amide bonds. The fourth-order valence-electron chi connectivity index (χ4n) is 0.896. The molecule has 0 radical (unpaired) electrons. The Morgan fingerprint density at radius 1 is 1.69 bits per heavy atom. The number of carboxylic acid groups (broad SMARTS) is 1. The van der Waals surface area contributed by atoms with Gasteiger partial charge < -0.3 is 20.1 Å². The maximum absolute atomic E-state index is 10.1. The fraction of sp³-hybridized carbons (Fsp3) is 0.375. The van der Waals surface area contributed by atoms with Crippen molar-refractivity contribution >= 4 is 5.97 Å². The second kappa shape index (κ2) is 3.59. The highest BCUT2D eigenvalue weighted by molar-refractivity contribution is 5.68. The minimum Gasteiger partial charge on any atom is -0.508 e. The predicted molar refractivity (Wildman–Crippen MR) is 43.0 cm³/mol. The number of aliphatic hydroxyl groups excluding tert-OH is 1. The van der Waals surface area contributed by atoms with Gasteiger partial charge in [0.05, 0.1) is 0 Å². The molecule has 72 valence electrons. The molecule has 1 aliphatic rings. The minimum atomic E-state index is -1.61. The molecule has 0 fully saturated rings. The summed E-state index contributed by atoms with van der Waals surface area (Å²) in [5, 5.41) is 26.7. The van der Waals surface area contributed by atoms with Crippen LogP contribution in [0.25, 0.3) is 0 Å². The van der Waals surface area contributed by atoms with Gasteiger partial charge in [-0.1, -0.05) is 0 Å². The number of hydrogen-bond acceptors (Lipinski definition) is 4. The molecule has 1 aliphatic carbocycles. The number of allylic oxidation sites excluding steroid dienone is 1. The second-order valence-electron chi connectivity index (χ2n) is 2.69. The van der Waals surface area contributed by atoms with Gasteiger partial charge in [-0.05, 0) is 18.2 Å². The molecular weight excluding hydrogens is 176 g/mol. The maximum atomic E-state index is 10.1. The van der Waals surface area contributed by atoms with Gasteiger partial charge in [0.1, 0.15) is 12.4 Å². The van der Waals surface area contributed by atoms with Crippen LogP contribution in [0.3, 0.4) is 0 Å². The highest BCUT2D eigenvalue weighted by atomic mass is 16.6. The average Bonchev–Trinajstić information content (AvgIpc) is 2.08. The quantitative estimate of drug-likeness (QED) is 0.547. The Hall–Kier alpha value is -1.33. The van der Waals surface area contributed by atoms with Gasteiger partial charge in [-0.15, -0.1) is 0 Å². The van der Waals surface area contributed by atoms with Gasteiger partial charge in [-0.3, -0.25) is 0 Å². The molecule has 0 spiro atoms. The number of ether oxygens (including phenoxy) is 1. The number of hydrogen-bond donors (Lipinski definition) is 3. The van der Waals surface area contributed by atoms with Crippen molar-refractivity contribution in [2.45, 2.75) is 12.2 Å². The molecule has 0 saturated heterocycles. The fourth-order valence-corrected chi connectivity index (χ4v) is 0.896. The SMILES string of the molecule is O=C(O)COC1(O)C=CC(O)=CC1. The first kappa shape index (κ1) is 9.76. The van der Waals surface area contributed by atoms with Crippen molar-refractivity contribution in [1.29, 1.82) is 0 Å². The van der Waals surface area contributed by atoms with Gasteiger partial charge >= 0.3 is 5.97 Å². The Morgan fingerprint density at radius 3 is 2.85 bits per heavy atom. The van der Waals surface area contributed by atoms with E-state index < -0.39 is 18.4 Å². The third-order valence-corrected chi connectivity index (χ3v) is 1.56. The van der Waals surface area contributed by atoms with Crippen molar-refractivity contribution in [3.63, 3.8) is 0 Å². The van der Waals surface area contributed by atoms with E-state index in [0.717, 1.165) is 0 Å². The lowest BCUT2D eigenvalue weighted by Crippen LogP contribution is -2.32. The van der Waals surface area contributed by atoms with Crippen molar-refractivity contribution in [3.05, 3.63) is 24.0 Å². The first-order valence-corrected chi connectivity index (χ1v) is 3.68. The van der Waals surface area contributed by atoms with Gasteiger partial charge in [0.25, 0.3) is 0 Å². The van der Waals surface area contributed by atoms with E-state index in [1.54, 1.807) is 0 Å². The minimum absolute atomic E-state index is 0.0311. The smallest absolute Gasteiger partial charge is 0.329 e. The Bertz CT molecular complexity index is 268. The van der Waals surface area contributed by atoms with E-state index in [1.807, 2.05) is 0 Å². The lowest BCUT2D eigenvalue weighted by Gasteiger charge is -2.24. The van der Waals surface area contributed by atoms with Crippen LogP contribution in [0.5, 0.6) is 0 Å². The van der Waals surface area contributed by atoms with Crippen LogP contribution in [-0.4, -0.2) is 33.7 Å². The van der Waals surface area contributed by atoms with Crippen LogP contribution >= 0.6 is 0 Å².